The number of nitrogens with one attached hydrogen (secondary N) is 1. The van der Waals surface area contributed by atoms with E-state index in [0.717, 1.165) is 25.7 Å². The summed E-state index contributed by atoms with van der Waals surface area (Å²) in [4.78, 5) is 17.3. The summed E-state index contributed by atoms with van der Waals surface area (Å²) in [6.45, 7) is 0.279. The first kappa shape index (κ1) is 29.2. The highest BCUT2D eigenvalue weighted by atomic mass is 31.2. The average Bonchev–Trinajstić information content (AvgIpc) is 3.66. The molecule has 0 amide bonds. The molecule has 232 valence electrons. The van der Waals surface area contributed by atoms with Gasteiger partial charge in [-0.2, -0.15) is 15.4 Å². The van der Waals surface area contributed by atoms with E-state index >= 15 is 0 Å². The van der Waals surface area contributed by atoms with E-state index in [1.54, 1.807) is 42.5 Å². The molecule has 15 heteroatoms. The predicted molar refractivity (Wildman–Crippen MR) is 153 cm³/mol. The Bertz CT molecular complexity index is 1660. The second-order valence-electron chi connectivity index (χ2n) is 12.0. The van der Waals surface area contributed by atoms with Crippen LogP contribution in [0.4, 0.5) is 5.82 Å². The van der Waals surface area contributed by atoms with E-state index in [1.165, 1.54) is 10.8 Å². The first-order valence-corrected chi connectivity index (χ1v) is 16.3. The van der Waals surface area contributed by atoms with E-state index in [4.69, 9.17) is 24.3 Å². The van der Waals surface area contributed by atoms with Gasteiger partial charge in [-0.15, -0.1) is 0 Å². The van der Waals surface area contributed by atoms with Gasteiger partial charge in [0.2, 0.25) is 5.60 Å². The van der Waals surface area contributed by atoms with Crippen molar-refractivity contribution in [2.75, 3.05) is 12.3 Å². The molecule has 2 unspecified atom stereocenters. The number of aromatic nitrogens is 3. The monoisotopic (exact) mass is 624 g/mol. The lowest BCUT2D eigenvalue weighted by molar-refractivity contribution is -0.147. The molecule has 7 rings (SSSR count). The number of hydrogen-bond acceptors (Lipinski definition) is 12. The highest BCUT2D eigenvalue weighted by Crippen LogP contribution is 2.68. The van der Waals surface area contributed by atoms with E-state index in [0.29, 0.717) is 30.0 Å². The van der Waals surface area contributed by atoms with E-state index in [2.05, 4.69) is 15.2 Å². The van der Waals surface area contributed by atoms with Crippen LogP contribution in [-0.2, 0) is 23.4 Å². The number of nitrogens with two attached hydrogens (primary N) is 1. The first-order valence-electron chi connectivity index (χ1n) is 14.7. The van der Waals surface area contributed by atoms with E-state index in [9.17, 15) is 24.8 Å². The minimum atomic E-state index is -4.53. The quantitative estimate of drug-likeness (QED) is 0.179. The number of aliphatic hydroxyl groups excluding tert-OH is 1. The summed E-state index contributed by atoms with van der Waals surface area (Å²) >= 11 is 0. The van der Waals surface area contributed by atoms with Crippen LogP contribution in [-0.4, -0.2) is 66.8 Å². The van der Waals surface area contributed by atoms with Crippen molar-refractivity contribution in [2.24, 2.45) is 11.8 Å². The molecule has 1 aliphatic heterocycles. The maximum atomic E-state index is 14.6. The number of ether oxygens (including phenoxy) is 2. The first-order chi connectivity index (χ1) is 21.2. The molecule has 0 spiro atoms. The molecular formula is C29H33N6O8P. The fourth-order valence-corrected chi connectivity index (χ4v) is 8.21. The van der Waals surface area contributed by atoms with Gasteiger partial charge in [-0.25, -0.2) is 14.1 Å². The number of nitrogens with zero attached hydrogens (tertiary/aromatic N) is 4. The third-order valence-electron chi connectivity index (χ3n) is 9.09. The van der Waals surface area contributed by atoms with Crippen molar-refractivity contribution >= 4 is 25.1 Å². The van der Waals surface area contributed by atoms with Crippen molar-refractivity contribution in [1.29, 1.82) is 5.26 Å². The van der Waals surface area contributed by atoms with E-state index < -0.39 is 49.3 Å². The molecule has 1 saturated heterocycles. The van der Waals surface area contributed by atoms with Gasteiger partial charge in [0.25, 0.3) is 0 Å². The molecule has 0 radical (unpaired) electrons. The van der Waals surface area contributed by atoms with Crippen LogP contribution >= 0.6 is 7.75 Å². The third kappa shape index (κ3) is 4.75. The zero-order valence-electron chi connectivity index (χ0n) is 23.7. The van der Waals surface area contributed by atoms with Gasteiger partial charge >= 0.3 is 13.7 Å². The van der Waals surface area contributed by atoms with Crippen molar-refractivity contribution in [3.8, 4) is 11.8 Å². The van der Waals surface area contributed by atoms with Crippen LogP contribution in [0.2, 0.25) is 0 Å². The Labute approximate surface area is 252 Å². The number of rotatable bonds is 11. The van der Waals surface area contributed by atoms with Crippen LogP contribution in [0.25, 0.3) is 5.52 Å². The molecule has 14 nitrogen and oxygen atoms in total. The number of esters is 1. The van der Waals surface area contributed by atoms with Crippen LogP contribution in [0.1, 0.15) is 50.3 Å². The van der Waals surface area contributed by atoms with Gasteiger partial charge in [-0.05, 0) is 61.8 Å². The maximum Gasteiger partial charge on any atom is 0.460 e. The lowest BCUT2D eigenvalue weighted by atomic mass is 9.99. The molecule has 2 aromatic heterocycles. The summed E-state index contributed by atoms with van der Waals surface area (Å²) in [6, 6.07) is 12.3. The summed E-state index contributed by atoms with van der Waals surface area (Å²) in [5.41, 5.74) is 2.30. The summed E-state index contributed by atoms with van der Waals surface area (Å²) in [5.74, 6) is -0.0643. The Morgan fingerprint density at radius 1 is 1.23 bits per heavy atom. The number of nitriles is 1. The number of para-hydroxylation sites is 1. The zero-order chi connectivity index (χ0) is 30.7. The van der Waals surface area contributed by atoms with Crippen molar-refractivity contribution in [3.05, 3.63) is 54.5 Å². The van der Waals surface area contributed by atoms with E-state index in [-0.39, 0.29) is 24.1 Å². The lowest BCUT2D eigenvalue weighted by Gasteiger charge is -2.29. The molecule has 3 saturated carbocycles. The fraction of sp³-hybridized carbons (Fsp3) is 0.517. The van der Waals surface area contributed by atoms with Crippen LogP contribution in [0, 0.1) is 23.2 Å². The maximum absolute atomic E-state index is 14.6. The Balaban J connectivity index is 1.18. The van der Waals surface area contributed by atoms with Gasteiger partial charge in [-0.1, -0.05) is 31.0 Å². The summed E-state index contributed by atoms with van der Waals surface area (Å²) in [6.07, 6.45) is 1.94. The second kappa shape index (κ2) is 10.8. The number of carbonyl (C=O) groups excluding carboxylic acids is 1. The molecule has 5 N–H and O–H groups in total. The molecule has 1 aromatic carbocycles. The standard InChI is InChI=1S/C29H33N6O8P/c30-15-28-27(29(28,38)24(36)23(41-28)20-12-13-21-25(31)32-16-33-35(20)21)43-44(39,42-19-8-2-1-3-9-19)34-22(18-6-4-5-7-18)26(37)40-14-17-10-11-17/h1-3,8-9,12-13,16-18,22-24,27,36,38H,4-7,10-11,14H2,(H,34,39)(H2,31,32,33)/t22-,23-,24-,27?,28+,29+,44?/m0/s1. The van der Waals surface area contributed by atoms with Crippen LogP contribution in [0.15, 0.2) is 48.8 Å². The highest BCUT2D eigenvalue weighted by Gasteiger charge is 2.91. The molecule has 3 aliphatic carbocycles. The molecule has 4 aliphatic rings. The van der Waals surface area contributed by atoms with Gasteiger partial charge in [0, 0.05) is 0 Å². The van der Waals surface area contributed by atoms with Gasteiger partial charge in [0.05, 0.1) is 12.3 Å². The van der Waals surface area contributed by atoms with Crippen LogP contribution < -0.4 is 15.3 Å². The molecular weight excluding hydrogens is 591 g/mol. The Kier molecular flexibility index (Phi) is 7.16. The molecule has 44 heavy (non-hydrogen) atoms. The molecule has 4 fully saturated rings. The van der Waals surface area contributed by atoms with Gasteiger partial charge in [0.15, 0.2) is 17.5 Å². The SMILES string of the molecule is N#C[C@]12O[C@@H](c3ccc4c(N)ncnn34)[C@H](O)[C@@]1(O)C2OP(=O)(N[C@H](C(=O)OCC1CC1)C1CCCC1)Oc1ccccc1. The summed E-state index contributed by atoms with van der Waals surface area (Å²) in [7, 11) is -4.53. The molecule has 3 aromatic rings. The van der Waals surface area contributed by atoms with Crippen LogP contribution in [0.3, 0.4) is 0 Å². The van der Waals surface area contributed by atoms with Gasteiger partial charge in [0.1, 0.15) is 41.9 Å². The number of carbonyl (C=O) groups is 1. The third-order valence-corrected chi connectivity index (χ3v) is 10.6. The largest absolute Gasteiger partial charge is 0.464 e. The Morgan fingerprint density at radius 3 is 2.66 bits per heavy atom. The zero-order valence-corrected chi connectivity index (χ0v) is 24.6. The topological polar surface area (TPSA) is 204 Å². The van der Waals surface area contributed by atoms with Crippen molar-refractivity contribution < 1.29 is 38.1 Å². The smallest absolute Gasteiger partial charge is 0.460 e. The Hall–Kier alpha value is -3.57. The van der Waals surface area contributed by atoms with E-state index in [1.807, 2.05) is 6.07 Å². The minimum absolute atomic E-state index is 0.167. The number of anilines is 1. The number of aliphatic hydroxyl groups is 2. The molecule has 7 atom stereocenters. The number of benzene rings is 1. The molecule has 0 bridgehead atoms. The number of nitrogen functional groups attached to an aromatic ring is 1. The number of fused-ring (bicyclic) bond motifs is 2. The minimum Gasteiger partial charge on any atom is -0.464 e. The highest BCUT2D eigenvalue weighted by molar-refractivity contribution is 7.52. The van der Waals surface area contributed by atoms with Crippen molar-refractivity contribution in [2.45, 2.75) is 74.1 Å². The van der Waals surface area contributed by atoms with Gasteiger partial charge < -0.3 is 29.9 Å². The van der Waals surface area contributed by atoms with Crippen molar-refractivity contribution in [3.63, 3.8) is 0 Å². The van der Waals surface area contributed by atoms with Crippen LogP contribution in [0.5, 0.6) is 5.75 Å². The van der Waals surface area contributed by atoms with Gasteiger partial charge in [-0.3, -0.25) is 9.32 Å². The molecule has 3 heterocycles. The summed E-state index contributed by atoms with van der Waals surface area (Å²) < 4.78 is 39.4. The normalized spacial score (nSPS) is 31.6. The fourth-order valence-electron chi connectivity index (χ4n) is 6.41. The summed E-state index contributed by atoms with van der Waals surface area (Å²) in [5, 5.41) is 40.3. The Morgan fingerprint density at radius 2 is 1.98 bits per heavy atom. The number of hydrogen-bond donors (Lipinski definition) is 4. The van der Waals surface area contributed by atoms with Crippen molar-refractivity contribution in [1.82, 2.24) is 19.7 Å². The second-order valence-corrected chi connectivity index (χ2v) is 13.6. The predicted octanol–water partition coefficient (Wildman–Crippen LogP) is 2.42. The lowest BCUT2D eigenvalue weighted by Crippen LogP contribution is -2.43. The average molecular weight is 625 g/mol.